The third-order valence-electron chi connectivity index (χ3n) is 4.08. The van der Waals surface area contributed by atoms with E-state index in [4.69, 9.17) is 5.11 Å². The van der Waals surface area contributed by atoms with Crippen LogP contribution in [-0.2, 0) is 9.59 Å². The predicted octanol–water partition coefficient (Wildman–Crippen LogP) is 1.82. The smallest absolute Gasteiger partial charge is 0.303 e. The van der Waals surface area contributed by atoms with E-state index in [9.17, 15) is 19.2 Å². The number of amides is 3. The van der Waals surface area contributed by atoms with Gasteiger partial charge in [0.05, 0.1) is 11.1 Å². The van der Waals surface area contributed by atoms with Gasteiger partial charge in [-0.3, -0.25) is 24.1 Å². The van der Waals surface area contributed by atoms with Crippen LogP contribution in [0.25, 0.3) is 0 Å². The van der Waals surface area contributed by atoms with Crippen LogP contribution in [0, 0.1) is 0 Å². The van der Waals surface area contributed by atoms with Crippen LogP contribution in [0.2, 0.25) is 0 Å². The molecule has 0 spiro atoms. The molecule has 0 unspecified atom stereocenters. The van der Waals surface area contributed by atoms with Crippen molar-refractivity contribution >= 4 is 23.7 Å². The molecule has 0 aliphatic carbocycles. The van der Waals surface area contributed by atoms with Gasteiger partial charge in [-0.05, 0) is 25.0 Å². The molecule has 7 nitrogen and oxygen atoms in total. The highest BCUT2D eigenvalue weighted by molar-refractivity contribution is 6.21. The second-order valence-electron chi connectivity index (χ2n) is 5.97. The summed E-state index contributed by atoms with van der Waals surface area (Å²) in [7, 11) is 0. The fourth-order valence-electron chi connectivity index (χ4n) is 2.73. The fraction of sp³-hybridized carbons (Fsp3) is 0.444. The minimum atomic E-state index is -0.790. The summed E-state index contributed by atoms with van der Waals surface area (Å²) in [5.74, 6) is -1.71. The summed E-state index contributed by atoms with van der Waals surface area (Å²) < 4.78 is 0. The van der Waals surface area contributed by atoms with Crippen molar-refractivity contribution < 1.29 is 24.3 Å². The Kier molecular flexibility index (Phi) is 6.68. The van der Waals surface area contributed by atoms with E-state index in [0.29, 0.717) is 24.1 Å². The van der Waals surface area contributed by atoms with Gasteiger partial charge in [0.15, 0.2) is 0 Å². The number of carbonyl (C=O) groups is 4. The quantitative estimate of drug-likeness (QED) is 0.497. The zero-order chi connectivity index (χ0) is 18.2. The molecule has 1 aromatic rings. The summed E-state index contributed by atoms with van der Waals surface area (Å²) in [5, 5.41) is 11.3. The van der Waals surface area contributed by atoms with Gasteiger partial charge in [0.1, 0.15) is 0 Å². The number of carboxylic acid groups (broad SMARTS) is 1. The van der Waals surface area contributed by atoms with Gasteiger partial charge in [0, 0.05) is 25.9 Å². The zero-order valence-corrected chi connectivity index (χ0v) is 14.0. The number of nitrogens with zero attached hydrogens (tertiary/aromatic N) is 1. The van der Waals surface area contributed by atoms with Crippen LogP contribution in [0.5, 0.6) is 0 Å². The Morgan fingerprint density at radius 2 is 1.52 bits per heavy atom. The Morgan fingerprint density at radius 3 is 2.12 bits per heavy atom. The Bertz CT molecular complexity index is 636. The number of aliphatic carboxylic acids is 1. The predicted molar refractivity (Wildman–Crippen MR) is 90.2 cm³/mol. The number of hydrogen-bond donors (Lipinski definition) is 2. The van der Waals surface area contributed by atoms with E-state index < -0.39 is 5.97 Å². The molecule has 2 rings (SSSR count). The van der Waals surface area contributed by atoms with Gasteiger partial charge >= 0.3 is 5.97 Å². The van der Waals surface area contributed by atoms with E-state index in [2.05, 4.69) is 5.32 Å². The Hall–Kier alpha value is -2.70. The number of rotatable bonds is 10. The van der Waals surface area contributed by atoms with Gasteiger partial charge in [-0.1, -0.05) is 25.0 Å². The van der Waals surface area contributed by atoms with Gasteiger partial charge in [-0.2, -0.15) is 0 Å². The SMILES string of the molecule is O=C(O)CCCCCCNC(=O)CCN1C(=O)c2ccccc2C1=O. The van der Waals surface area contributed by atoms with E-state index in [0.717, 1.165) is 24.2 Å². The van der Waals surface area contributed by atoms with Gasteiger partial charge in [0.25, 0.3) is 11.8 Å². The minimum absolute atomic E-state index is 0.0663. The number of imide groups is 1. The highest BCUT2D eigenvalue weighted by Crippen LogP contribution is 2.22. The molecule has 0 radical (unpaired) electrons. The van der Waals surface area contributed by atoms with Crippen molar-refractivity contribution in [2.24, 2.45) is 0 Å². The van der Waals surface area contributed by atoms with Crippen LogP contribution >= 0.6 is 0 Å². The number of fused-ring (bicyclic) bond motifs is 1. The summed E-state index contributed by atoms with van der Waals surface area (Å²) >= 11 is 0. The van der Waals surface area contributed by atoms with Crippen LogP contribution in [0.4, 0.5) is 0 Å². The first kappa shape index (κ1) is 18.6. The average Bonchev–Trinajstić information content (AvgIpc) is 2.83. The number of benzene rings is 1. The normalized spacial score (nSPS) is 13.0. The molecule has 0 saturated heterocycles. The third kappa shape index (κ3) is 5.14. The molecule has 0 atom stereocenters. The van der Waals surface area contributed by atoms with Crippen LogP contribution in [-0.4, -0.2) is 46.8 Å². The van der Waals surface area contributed by atoms with Gasteiger partial charge in [-0.25, -0.2) is 0 Å². The number of nitrogens with one attached hydrogen (secondary N) is 1. The second kappa shape index (κ2) is 8.96. The van der Waals surface area contributed by atoms with Crippen molar-refractivity contribution in [1.29, 1.82) is 0 Å². The molecule has 25 heavy (non-hydrogen) atoms. The maximum atomic E-state index is 12.2. The van der Waals surface area contributed by atoms with Crippen molar-refractivity contribution in [2.45, 2.75) is 38.5 Å². The lowest BCUT2D eigenvalue weighted by molar-refractivity contribution is -0.137. The van der Waals surface area contributed by atoms with Crippen molar-refractivity contribution in [3.8, 4) is 0 Å². The summed E-state index contributed by atoms with van der Waals surface area (Å²) in [6.07, 6.45) is 3.34. The molecule has 2 N–H and O–H groups in total. The highest BCUT2D eigenvalue weighted by Gasteiger charge is 2.34. The van der Waals surface area contributed by atoms with Crippen LogP contribution in [0.15, 0.2) is 24.3 Å². The standard InChI is InChI=1S/C18H22N2O5/c21-15(19-11-6-2-1-3-9-16(22)23)10-12-20-17(24)13-7-4-5-8-14(13)18(20)25/h4-5,7-8H,1-3,6,9-12H2,(H,19,21)(H,22,23). The molecule has 0 saturated carbocycles. The summed E-state index contributed by atoms with van der Waals surface area (Å²) in [6, 6.07) is 6.63. The summed E-state index contributed by atoms with van der Waals surface area (Å²) in [5.41, 5.74) is 0.767. The molecule has 1 heterocycles. The number of unbranched alkanes of at least 4 members (excludes halogenated alkanes) is 3. The molecule has 0 fully saturated rings. The van der Waals surface area contributed by atoms with Crippen LogP contribution < -0.4 is 5.32 Å². The molecule has 134 valence electrons. The maximum absolute atomic E-state index is 12.2. The average molecular weight is 346 g/mol. The Balaban J connectivity index is 1.64. The van der Waals surface area contributed by atoms with Crippen molar-refractivity contribution in [2.75, 3.05) is 13.1 Å². The van der Waals surface area contributed by atoms with Crippen LogP contribution in [0.3, 0.4) is 0 Å². The fourth-order valence-corrected chi connectivity index (χ4v) is 2.73. The monoisotopic (exact) mass is 346 g/mol. The first-order chi connectivity index (χ1) is 12.0. The maximum Gasteiger partial charge on any atom is 0.303 e. The van der Waals surface area contributed by atoms with E-state index in [1.165, 1.54) is 0 Å². The van der Waals surface area contributed by atoms with E-state index in [-0.39, 0.29) is 37.1 Å². The number of hydrogen-bond acceptors (Lipinski definition) is 4. The van der Waals surface area contributed by atoms with Crippen molar-refractivity contribution in [3.05, 3.63) is 35.4 Å². The minimum Gasteiger partial charge on any atom is -0.481 e. The highest BCUT2D eigenvalue weighted by atomic mass is 16.4. The molecule has 7 heteroatoms. The topological polar surface area (TPSA) is 104 Å². The Labute approximate surface area is 146 Å². The van der Waals surface area contributed by atoms with Gasteiger partial charge < -0.3 is 10.4 Å². The summed E-state index contributed by atoms with van der Waals surface area (Å²) in [4.78, 5) is 47.6. The molecular weight excluding hydrogens is 324 g/mol. The van der Waals surface area contributed by atoms with Gasteiger partial charge in [0.2, 0.25) is 5.91 Å². The zero-order valence-electron chi connectivity index (χ0n) is 14.0. The lowest BCUT2D eigenvalue weighted by Gasteiger charge is -2.13. The van der Waals surface area contributed by atoms with E-state index in [1.54, 1.807) is 24.3 Å². The largest absolute Gasteiger partial charge is 0.481 e. The molecule has 1 aliphatic heterocycles. The Morgan fingerprint density at radius 1 is 0.920 bits per heavy atom. The van der Waals surface area contributed by atoms with E-state index in [1.807, 2.05) is 0 Å². The molecule has 0 aromatic heterocycles. The number of carboxylic acids is 1. The lowest BCUT2D eigenvalue weighted by atomic mass is 10.1. The third-order valence-corrected chi connectivity index (χ3v) is 4.08. The van der Waals surface area contributed by atoms with Crippen molar-refractivity contribution in [3.63, 3.8) is 0 Å². The van der Waals surface area contributed by atoms with Gasteiger partial charge in [-0.15, -0.1) is 0 Å². The van der Waals surface area contributed by atoms with Crippen molar-refractivity contribution in [1.82, 2.24) is 10.2 Å². The van der Waals surface area contributed by atoms with Crippen LogP contribution in [0.1, 0.15) is 59.2 Å². The molecule has 1 aromatic carbocycles. The first-order valence-electron chi connectivity index (χ1n) is 8.44. The first-order valence-corrected chi connectivity index (χ1v) is 8.44. The molecule has 0 bridgehead atoms. The second-order valence-corrected chi connectivity index (χ2v) is 5.97. The number of carbonyl (C=O) groups excluding carboxylic acids is 3. The molecule has 3 amide bonds. The molecular formula is C18H22N2O5. The van der Waals surface area contributed by atoms with E-state index >= 15 is 0 Å². The molecule has 1 aliphatic rings. The lowest BCUT2D eigenvalue weighted by Crippen LogP contribution is -2.34. The summed E-state index contributed by atoms with van der Waals surface area (Å²) in [6.45, 7) is 0.574.